The molecule has 1 aliphatic rings. The van der Waals surface area contributed by atoms with Gasteiger partial charge in [0.2, 0.25) is 0 Å². The van der Waals surface area contributed by atoms with Crippen molar-refractivity contribution < 1.29 is 0 Å². The van der Waals surface area contributed by atoms with Crippen molar-refractivity contribution in [1.29, 1.82) is 0 Å². The molecular formula is C14H18Cl2N2S. The molecule has 104 valence electrons. The van der Waals surface area contributed by atoms with Gasteiger partial charge < -0.3 is 10.2 Å². The first-order chi connectivity index (χ1) is 9.06. The normalized spacial score (nSPS) is 19.9. The average molecular weight is 317 g/mol. The maximum atomic E-state index is 5.99. The first-order valence-corrected chi connectivity index (χ1v) is 7.76. The van der Waals surface area contributed by atoms with E-state index in [4.69, 9.17) is 35.4 Å². The Morgan fingerprint density at radius 1 is 1.21 bits per heavy atom. The van der Waals surface area contributed by atoms with E-state index in [1.807, 2.05) is 12.1 Å². The summed E-state index contributed by atoms with van der Waals surface area (Å²) in [6.07, 6.45) is 4.95. The predicted molar refractivity (Wildman–Crippen MR) is 87.3 cm³/mol. The lowest BCUT2D eigenvalue weighted by Gasteiger charge is -2.30. The monoisotopic (exact) mass is 316 g/mol. The molecule has 1 unspecified atom stereocenters. The van der Waals surface area contributed by atoms with Crippen LogP contribution in [0.15, 0.2) is 18.2 Å². The van der Waals surface area contributed by atoms with Crippen molar-refractivity contribution in [2.75, 3.05) is 11.9 Å². The van der Waals surface area contributed by atoms with Gasteiger partial charge in [-0.2, -0.15) is 0 Å². The molecule has 1 atom stereocenters. The molecule has 19 heavy (non-hydrogen) atoms. The van der Waals surface area contributed by atoms with Crippen LogP contribution in [0.4, 0.5) is 5.69 Å². The van der Waals surface area contributed by atoms with Crippen LogP contribution in [0.25, 0.3) is 0 Å². The zero-order chi connectivity index (χ0) is 13.8. The molecule has 2 rings (SSSR count). The summed E-state index contributed by atoms with van der Waals surface area (Å²) >= 11 is 17.5. The molecule has 2 nitrogen and oxygen atoms in total. The van der Waals surface area contributed by atoms with Gasteiger partial charge in [-0.05, 0) is 50.2 Å². The Bertz CT molecular complexity index is 445. The van der Waals surface area contributed by atoms with Crippen molar-refractivity contribution in [2.24, 2.45) is 0 Å². The van der Waals surface area contributed by atoms with E-state index < -0.39 is 0 Å². The van der Waals surface area contributed by atoms with Crippen LogP contribution >= 0.6 is 35.4 Å². The van der Waals surface area contributed by atoms with Crippen LogP contribution in [0.2, 0.25) is 10.0 Å². The first kappa shape index (κ1) is 14.9. The largest absolute Gasteiger partial charge is 0.346 e. The Labute approximate surface area is 130 Å². The van der Waals surface area contributed by atoms with Crippen LogP contribution in [0, 0.1) is 0 Å². The van der Waals surface area contributed by atoms with Crippen molar-refractivity contribution >= 4 is 46.2 Å². The number of hydrogen-bond acceptors (Lipinski definition) is 1. The van der Waals surface area contributed by atoms with Crippen LogP contribution < -0.4 is 5.32 Å². The van der Waals surface area contributed by atoms with Crippen molar-refractivity contribution in [3.05, 3.63) is 28.2 Å². The highest BCUT2D eigenvalue weighted by molar-refractivity contribution is 7.80. The summed E-state index contributed by atoms with van der Waals surface area (Å²) in [4.78, 5) is 2.26. The fourth-order valence-electron chi connectivity index (χ4n) is 2.40. The molecule has 1 fully saturated rings. The average Bonchev–Trinajstić information content (AvgIpc) is 2.52. The minimum absolute atomic E-state index is 0.483. The second-order valence-electron chi connectivity index (χ2n) is 4.98. The number of rotatable bonds is 1. The summed E-state index contributed by atoms with van der Waals surface area (Å²) in [6, 6.07) is 5.87. The molecule has 0 radical (unpaired) electrons. The summed E-state index contributed by atoms with van der Waals surface area (Å²) in [5, 5.41) is 5.22. The number of likely N-dealkylation sites (tertiary alicyclic amines) is 1. The molecule has 0 saturated carbocycles. The van der Waals surface area contributed by atoms with Gasteiger partial charge in [0.15, 0.2) is 5.11 Å². The molecule has 1 heterocycles. The molecule has 1 saturated heterocycles. The number of anilines is 1. The van der Waals surface area contributed by atoms with E-state index in [2.05, 4.69) is 17.1 Å². The third kappa shape index (κ3) is 4.23. The zero-order valence-electron chi connectivity index (χ0n) is 11.0. The molecule has 1 aromatic rings. The summed E-state index contributed by atoms with van der Waals surface area (Å²) in [7, 11) is 0. The number of halogens is 2. The SMILES string of the molecule is CC1CCCCCN1C(=S)Nc1cc(Cl)cc(Cl)c1. The highest BCUT2D eigenvalue weighted by Gasteiger charge is 2.19. The van der Waals surface area contributed by atoms with Gasteiger partial charge in [-0.15, -0.1) is 0 Å². The van der Waals surface area contributed by atoms with Crippen molar-refractivity contribution in [3.63, 3.8) is 0 Å². The molecule has 0 spiro atoms. The van der Waals surface area contributed by atoms with Gasteiger partial charge in [-0.3, -0.25) is 0 Å². The molecule has 5 heteroatoms. The second-order valence-corrected chi connectivity index (χ2v) is 6.24. The van der Waals surface area contributed by atoms with Crippen LogP contribution in [0.1, 0.15) is 32.6 Å². The van der Waals surface area contributed by atoms with E-state index in [1.54, 1.807) is 6.07 Å². The van der Waals surface area contributed by atoms with E-state index in [0.29, 0.717) is 16.1 Å². The highest BCUT2D eigenvalue weighted by atomic mass is 35.5. The van der Waals surface area contributed by atoms with E-state index in [1.165, 1.54) is 25.7 Å². The lowest BCUT2D eigenvalue weighted by atomic mass is 10.1. The van der Waals surface area contributed by atoms with Crippen molar-refractivity contribution in [1.82, 2.24) is 4.90 Å². The van der Waals surface area contributed by atoms with Gasteiger partial charge in [0.1, 0.15) is 0 Å². The van der Waals surface area contributed by atoms with Crippen LogP contribution in [0.5, 0.6) is 0 Å². The number of nitrogens with zero attached hydrogens (tertiary/aromatic N) is 1. The van der Waals surface area contributed by atoms with E-state index in [-0.39, 0.29) is 0 Å². The third-order valence-corrected chi connectivity index (χ3v) is 4.20. The first-order valence-electron chi connectivity index (χ1n) is 6.60. The smallest absolute Gasteiger partial charge is 0.173 e. The van der Waals surface area contributed by atoms with Gasteiger partial charge in [-0.25, -0.2) is 0 Å². The Hall–Kier alpha value is -0.510. The van der Waals surface area contributed by atoms with Crippen LogP contribution in [0.3, 0.4) is 0 Å². The number of benzene rings is 1. The van der Waals surface area contributed by atoms with Crippen LogP contribution in [-0.2, 0) is 0 Å². The minimum atomic E-state index is 0.483. The van der Waals surface area contributed by atoms with E-state index in [0.717, 1.165) is 17.3 Å². The summed E-state index contributed by atoms with van der Waals surface area (Å²) in [5.41, 5.74) is 0.846. The Balaban J connectivity index is 2.06. The molecule has 0 amide bonds. The number of hydrogen-bond donors (Lipinski definition) is 1. The van der Waals surface area contributed by atoms with Gasteiger partial charge in [0, 0.05) is 28.3 Å². The Morgan fingerprint density at radius 3 is 2.58 bits per heavy atom. The van der Waals surface area contributed by atoms with Crippen molar-refractivity contribution in [2.45, 2.75) is 38.6 Å². The molecule has 1 N–H and O–H groups in total. The quantitative estimate of drug-likeness (QED) is 0.737. The maximum absolute atomic E-state index is 5.99. The molecular weight excluding hydrogens is 299 g/mol. The predicted octanol–water partition coefficient (Wildman–Crippen LogP) is 4.95. The number of thiocarbonyl (C=S) groups is 1. The summed E-state index contributed by atoms with van der Waals surface area (Å²) in [6.45, 7) is 3.24. The standard InChI is InChI=1S/C14H18Cl2N2S/c1-10-5-3-2-4-6-18(10)14(19)17-13-8-11(15)7-12(16)9-13/h7-10H,2-6H2,1H3,(H,17,19). The minimum Gasteiger partial charge on any atom is -0.346 e. The highest BCUT2D eigenvalue weighted by Crippen LogP contribution is 2.24. The van der Waals surface area contributed by atoms with Gasteiger partial charge >= 0.3 is 0 Å². The maximum Gasteiger partial charge on any atom is 0.173 e. The van der Waals surface area contributed by atoms with Gasteiger partial charge in [0.05, 0.1) is 0 Å². The fourth-order valence-corrected chi connectivity index (χ4v) is 3.31. The second kappa shape index (κ2) is 6.78. The molecule has 0 aromatic heterocycles. The van der Waals surface area contributed by atoms with Crippen LogP contribution in [-0.4, -0.2) is 22.6 Å². The lowest BCUT2D eigenvalue weighted by molar-refractivity contribution is 0.341. The van der Waals surface area contributed by atoms with Crippen molar-refractivity contribution in [3.8, 4) is 0 Å². The summed E-state index contributed by atoms with van der Waals surface area (Å²) in [5.74, 6) is 0. The van der Waals surface area contributed by atoms with Gasteiger partial charge in [-0.1, -0.05) is 36.0 Å². The van der Waals surface area contributed by atoms with E-state index in [9.17, 15) is 0 Å². The third-order valence-electron chi connectivity index (χ3n) is 3.43. The Morgan fingerprint density at radius 2 is 1.89 bits per heavy atom. The van der Waals surface area contributed by atoms with E-state index >= 15 is 0 Å². The van der Waals surface area contributed by atoms with Gasteiger partial charge in [0.25, 0.3) is 0 Å². The fraction of sp³-hybridized carbons (Fsp3) is 0.500. The molecule has 1 aliphatic heterocycles. The summed E-state index contributed by atoms with van der Waals surface area (Å²) < 4.78 is 0. The Kier molecular flexibility index (Phi) is 5.31. The molecule has 0 bridgehead atoms. The lowest BCUT2D eigenvalue weighted by Crippen LogP contribution is -2.40. The zero-order valence-corrected chi connectivity index (χ0v) is 13.3. The molecule has 1 aromatic carbocycles. The topological polar surface area (TPSA) is 15.3 Å². The number of nitrogens with one attached hydrogen (secondary N) is 1. The molecule has 0 aliphatic carbocycles.